The molecule has 0 unspecified atom stereocenters. The molecule has 0 atom stereocenters. The molecule has 0 N–H and O–H groups in total. The number of carbonyl (C=O) groups excluding carboxylic acids is 1. The molecule has 3 aromatic rings. The van der Waals surface area contributed by atoms with Crippen LogP contribution in [-0.4, -0.2) is 26.3 Å². The maximum Gasteiger partial charge on any atom is 0.277 e. The van der Waals surface area contributed by atoms with Gasteiger partial charge < -0.3 is 8.98 Å². The number of nitrogens with zero attached hydrogens (tertiary/aromatic N) is 3. The van der Waals surface area contributed by atoms with Gasteiger partial charge in [0.25, 0.3) is 11.1 Å². The summed E-state index contributed by atoms with van der Waals surface area (Å²) in [6, 6.07) is 8.10. The summed E-state index contributed by atoms with van der Waals surface area (Å²) < 4.78 is 21.3. The molecule has 1 aromatic carbocycles. The average molecular weight is 359 g/mol. The maximum atomic E-state index is 13.7. The lowest BCUT2D eigenvalue weighted by Crippen LogP contribution is -2.05. The van der Waals surface area contributed by atoms with E-state index in [4.69, 9.17) is 4.42 Å². The highest BCUT2D eigenvalue weighted by molar-refractivity contribution is 7.99. The van der Waals surface area contributed by atoms with Crippen LogP contribution in [0, 0.1) is 19.7 Å². The average Bonchev–Trinajstić information content (AvgIpc) is 3.17. The van der Waals surface area contributed by atoms with Gasteiger partial charge in [0.15, 0.2) is 5.78 Å². The summed E-state index contributed by atoms with van der Waals surface area (Å²) in [5.41, 5.74) is 2.98. The van der Waals surface area contributed by atoms with E-state index in [1.807, 2.05) is 26.8 Å². The highest BCUT2D eigenvalue weighted by Gasteiger charge is 2.18. The fourth-order valence-corrected chi connectivity index (χ4v) is 3.43. The molecule has 0 aliphatic heterocycles. The zero-order valence-electron chi connectivity index (χ0n) is 14.2. The smallest absolute Gasteiger partial charge is 0.277 e. The van der Waals surface area contributed by atoms with Crippen LogP contribution < -0.4 is 0 Å². The molecule has 0 saturated heterocycles. The fourth-order valence-electron chi connectivity index (χ4n) is 2.79. The van der Waals surface area contributed by atoms with Gasteiger partial charge in [0.05, 0.1) is 11.3 Å². The Balaban J connectivity index is 1.71. The lowest BCUT2D eigenvalue weighted by Gasteiger charge is -2.05. The number of aromatic nitrogens is 3. The number of Topliss-reactive ketones (excluding diaryl/α,β-unsaturated/α-hetero) is 1. The maximum absolute atomic E-state index is 13.7. The summed E-state index contributed by atoms with van der Waals surface area (Å²) in [6.07, 6.45) is 0. The van der Waals surface area contributed by atoms with Gasteiger partial charge in [-0.15, -0.1) is 10.2 Å². The number of aryl methyl sites for hydroxylation is 1. The zero-order valence-corrected chi connectivity index (χ0v) is 15.1. The van der Waals surface area contributed by atoms with E-state index in [0.717, 1.165) is 29.7 Å². The SMILES string of the molecule is CCn1c(C)cc(C(=O)CSc2nnc(-c3ccccc3F)o2)c1C. The summed E-state index contributed by atoms with van der Waals surface area (Å²) in [6.45, 7) is 6.80. The number of thioether (sulfide) groups is 1. The quantitative estimate of drug-likeness (QED) is 0.485. The Morgan fingerprint density at radius 2 is 2.04 bits per heavy atom. The topological polar surface area (TPSA) is 60.9 Å². The number of hydrogen-bond donors (Lipinski definition) is 0. The van der Waals surface area contributed by atoms with Gasteiger partial charge in [-0.3, -0.25) is 4.79 Å². The predicted octanol–water partition coefficient (Wildman–Crippen LogP) is 4.29. The van der Waals surface area contributed by atoms with E-state index in [1.165, 1.54) is 6.07 Å². The Hall–Kier alpha value is -2.41. The monoisotopic (exact) mass is 359 g/mol. The Bertz CT molecular complexity index is 917. The molecule has 130 valence electrons. The van der Waals surface area contributed by atoms with Gasteiger partial charge in [-0.2, -0.15) is 0 Å². The molecule has 5 nitrogen and oxygen atoms in total. The third-order valence-electron chi connectivity index (χ3n) is 4.03. The second-order valence-electron chi connectivity index (χ2n) is 5.59. The number of rotatable bonds is 6. The molecule has 0 aliphatic carbocycles. The number of benzene rings is 1. The molecule has 7 heteroatoms. The largest absolute Gasteiger partial charge is 0.411 e. The van der Waals surface area contributed by atoms with Crippen LogP contribution in [0.2, 0.25) is 0 Å². The Morgan fingerprint density at radius 1 is 1.28 bits per heavy atom. The van der Waals surface area contributed by atoms with E-state index in [1.54, 1.807) is 18.2 Å². The van der Waals surface area contributed by atoms with Crippen molar-refractivity contribution in [3.63, 3.8) is 0 Å². The van der Waals surface area contributed by atoms with Crippen molar-refractivity contribution in [2.45, 2.75) is 32.5 Å². The molecule has 0 saturated carbocycles. The van der Waals surface area contributed by atoms with Crippen molar-refractivity contribution in [1.29, 1.82) is 0 Å². The van der Waals surface area contributed by atoms with Crippen molar-refractivity contribution in [3.05, 3.63) is 53.1 Å². The summed E-state index contributed by atoms with van der Waals surface area (Å²) in [5, 5.41) is 7.98. The molecule has 25 heavy (non-hydrogen) atoms. The van der Waals surface area contributed by atoms with E-state index in [0.29, 0.717) is 5.56 Å². The molecule has 0 fully saturated rings. The Morgan fingerprint density at radius 3 is 2.72 bits per heavy atom. The van der Waals surface area contributed by atoms with Crippen LogP contribution in [0.15, 0.2) is 40.0 Å². The molecule has 0 amide bonds. The highest BCUT2D eigenvalue weighted by atomic mass is 32.2. The van der Waals surface area contributed by atoms with E-state index in [-0.39, 0.29) is 28.2 Å². The molecule has 2 heterocycles. The number of halogens is 1. The van der Waals surface area contributed by atoms with Crippen LogP contribution in [0.25, 0.3) is 11.5 Å². The second-order valence-corrected chi connectivity index (χ2v) is 6.52. The first-order valence-corrected chi connectivity index (χ1v) is 8.91. The lowest BCUT2D eigenvalue weighted by molar-refractivity contribution is 0.102. The van der Waals surface area contributed by atoms with Crippen molar-refractivity contribution in [2.75, 3.05) is 5.75 Å². The van der Waals surface area contributed by atoms with Crippen LogP contribution >= 0.6 is 11.8 Å². The van der Waals surface area contributed by atoms with Crippen molar-refractivity contribution in [1.82, 2.24) is 14.8 Å². The van der Waals surface area contributed by atoms with Gasteiger partial charge in [-0.1, -0.05) is 23.9 Å². The van der Waals surface area contributed by atoms with Gasteiger partial charge in [0, 0.05) is 23.5 Å². The summed E-state index contributed by atoms with van der Waals surface area (Å²) in [4.78, 5) is 12.5. The van der Waals surface area contributed by atoms with Gasteiger partial charge in [-0.05, 0) is 39.0 Å². The first-order chi connectivity index (χ1) is 12.0. The molecular formula is C18H18FN3O2S. The Kier molecular flexibility index (Phi) is 5.03. The molecule has 0 bridgehead atoms. The zero-order chi connectivity index (χ0) is 18.0. The van der Waals surface area contributed by atoms with Gasteiger partial charge in [0.1, 0.15) is 5.82 Å². The minimum atomic E-state index is -0.425. The minimum absolute atomic E-state index is 0.00319. The van der Waals surface area contributed by atoms with Crippen LogP contribution in [-0.2, 0) is 6.54 Å². The summed E-state index contributed by atoms with van der Waals surface area (Å²) in [5.74, 6) is -0.126. The van der Waals surface area contributed by atoms with Crippen LogP contribution in [0.3, 0.4) is 0 Å². The predicted molar refractivity (Wildman–Crippen MR) is 94.3 cm³/mol. The van der Waals surface area contributed by atoms with Crippen LogP contribution in [0.4, 0.5) is 4.39 Å². The normalized spacial score (nSPS) is 11.0. The second kappa shape index (κ2) is 7.23. The van der Waals surface area contributed by atoms with E-state index in [2.05, 4.69) is 14.8 Å². The van der Waals surface area contributed by atoms with Crippen LogP contribution in [0.1, 0.15) is 28.7 Å². The number of hydrogen-bond acceptors (Lipinski definition) is 5. The molecule has 0 aliphatic rings. The molecule has 0 radical (unpaired) electrons. The summed E-state index contributed by atoms with van der Waals surface area (Å²) >= 11 is 1.15. The van der Waals surface area contributed by atoms with E-state index < -0.39 is 5.82 Å². The van der Waals surface area contributed by atoms with Crippen molar-refractivity contribution >= 4 is 17.5 Å². The summed E-state index contributed by atoms with van der Waals surface area (Å²) in [7, 11) is 0. The van der Waals surface area contributed by atoms with Crippen molar-refractivity contribution < 1.29 is 13.6 Å². The first kappa shape index (κ1) is 17.4. The minimum Gasteiger partial charge on any atom is -0.411 e. The molecular weight excluding hydrogens is 341 g/mol. The number of ketones is 1. The molecule has 0 spiro atoms. The fraction of sp³-hybridized carbons (Fsp3) is 0.278. The van der Waals surface area contributed by atoms with E-state index in [9.17, 15) is 9.18 Å². The lowest BCUT2D eigenvalue weighted by atomic mass is 10.2. The highest BCUT2D eigenvalue weighted by Crippen LogP contribution is 2.26. The van der Waals surface area contributed by atoms with Crippen LogP contribution in [0.5, 0.6) is 0 Å². The molecule has 3 rings (SSSR count). The van der Waals surface area contributed by atoms with E-state index >= 15 is 0 Å². The third-order valence-corrected chi connectivity index (χ3v) is 4.85. The molecule has 2 aromatic heterocycles. The standard InChI is InChI=1S/C18H18FN3O2S/c1-4-22-11(2)9-14(12(22)3)16(23)10-25-18-21-20-17(24-18)13-7-5-6-8-15(13)19/h5-9H,4,10H2,1-3H3. The number of carbonyl (C=O) groups is 1. The third kappa shape index (κ3) is 3.51. The first-order valence-electron chi connectivity index (χ1n) is 7.92. The van der Waals surface area contributed by atoms with Crippen molar-refractivity contribution in [3.8, 4) is 11.5 Å². The van der Waals surface area contributed by atoms with Gasteiger partial charge in [-0.25, -0.2) is 4.39 Å². The Labute approximate surface area is 149 Å². The van der Waals surface area contributed by atoms with Gasteiger partial charge >= 0.3 is 0 Å². The van der Waals surface area contributed by atoms with Crippen molar-refractivity contribution in [2.24, 2.45) is 0 Å². The van der Waals surface area contributed by atoms with Gasteiger partial charge in [0.2, 0.25) is 0 Å².